The summed E-state index contributed by atoms with van der Waals surface area (Å²) in [5.74, 6) is 0.425. The average molecular weight is 374 g/mol. The van der Waals surface area contributed by atoms with Crippen molar-refractivity contribution in [2.75, 3.05) is 27.9 Å². The lowest BCUT2D eigenvalue weighted by molar-refractivity contribution is -0.0803. The molecule has 2 atom stereocenters. The van der Waals surface area contributed by atoms with E-state index in [9.17, 15) is 15.0 Å². The molecule has 8 nitrogen and oxygen atoms in total. The third-order valence-corrected chi connectivity index (χ3v) is 4.89. The fourth-order valence-corrected chi connectivity index (χ4v) is 3.48. The number of benzene rings is 2. The van der Waals surface area contributed by atoms with Gasteiger partial charge in [0.25, 0.3) is 0 Å². The number of phenols is 1. The fraction of sp³-hybridized carbons (Fsp3) is 0.316. The standard InChI is InChI=1S/C19H18O8/c1-23-9-4-11(20)17-15(5-9)27-16-8-26-12-7-14(25-3)13(24-2)6-10(12)19(16,22)18(17)21/h4-7,16,20,22H,8H2,1-3H3. The molecule has 2 aromatic rings. The van der Waals surface area contributed by atoms with Gasteiger partial charge >= 0.3 is 0 Å². The molecular weight excluding hydrogens is 356 g/mol. The molecule has 0 spiro atoms. The fourth-order valence-electron chi connectivity index (χ4n) is 3.48. The summed E-state index contributed by atoms with van der Waals surface area (Å²) < 4.78 is 27.1. The second kappa shape index (κ2) is 5.95. The number of rotatable bonds is 3. The van der Waals surface area contributed by atoms with Crippen molar-refractivity contribution < 1.29 is 38.7 Å². The first-order valence-electron chi connectivity index (χ1n) is 8.18. The Bertz CT molecular complexity index is 938. The smallest absolute Gasteiger partial charge is 0.210 e. The number of hydrogen-bond acceptors (Lipinski definition) is 8. The van der Waals surface area contributed by atoms with Crippen LogP contribution in [0.2, 0.25) is 0 Å². The molecule has 0 saturated carbocycles. The highest BCUT2D eigenvalue weighted by Gasteiger charge is 2.56. The zero-order chi connectivity index (χ0) is 19.3. The zero-order valence-electron chi connectivity index (χ0n) is 14.9. The van der Waals surface area contributed by atoms with Gasteiger partial charge in [0.05, 0.1) is 21.3 Å². The van der Waals surface area contributed by atoms with Crippen molar-refractivity contribution in [1.29, 1.82) is 0 Å². The molecule has 142 valence electrons. The van der Waals surface area contributed by atoms with Crippen LogP contribution in [0.3, 0.4) is 0 Å². The summed E-state index contributed by atoms with van der Waals surface area (Å²) in [4.78, 5) is 13.3. The molecule has 8 heteroatoms. The summed E-state index contributed by atoms with van der Waals surface area (Å²) in [6.45, 7) is -0.0673. The largest absolute Gasteiger partial charge is 0.507 e. The van der Waals surface area contributed by atoms with Gasteiger partial charge in [-0.15, -0.1) is 0 Å². The topological polar surface area (TPSA) is 104 Å². The van der Waals surface area contributed by atoms with E-state index in [1.165, 1.54) is 39.5 Å². The van der Waals surface area contributed by atoms with Crippen molar-refractivity contribution in [3.63, 3.8) is 0 Å². The Labute approximate surface area is 154 Å². The lowest BCUT2D eigenvalue weighted by Gasteiger charge is -2.43. The van der Waals surface area contributed by atoms with Crippen molar-refractivity contribution >= 4 is 5.78 Å². The molecule has 2 N–H and O–H groups in total. The van der Waals surface area contributed by atoms with Crippen LogP contribution in [0.5, 0.6) is 34.5 Å². The molecule has 0 fully saturated rings. The van der Waals surface area contributed by atoms with Gasteiger partial charge in [-0.1, -0.05) is 0 Å². The van der Waals surface area contributed by atoms with Gasteiger partial charge in [0, 0.05) is 23.8 Å². The molecule has 2 unspecified atom stereocenters. The van der Waals surface area contributed by atoms with Crippen molar-refractivity contribution in [3.8, 4) is 34.5 Å². The molecule has 2 aliphatic heterocycles. The highest BCUT2D eigenvalue weighted by molar-refractivity contribution is 6.09. The number of carbonyl (C=O) groups excluding carboxylic acids is 1. The molecule has 0 radical (unpaired) electrons. The highest BCUT2D eigenvalue weighted by Crippen LogP contribution is 2.50. The lowest BCUT2D eigenvalue weighted by Crippen LogP contribution is -2.57. The number of ether oxygens (including phenoxy) is 5. The van der Waals surface area contributed by atoms with Gasteiger partial charge < -0.3 is 33.9 Å². The van der Waals surface area contributed by atoms with Crippen LogP contribution in [0.1, 0.15) is 15.9 Å². The van der Waals surface area contributed by atoms with Crippen LogP contribution in [0, 0.1) is 0 Å². The summed E-state index contributed by atoms with van der Waals surface area (Å²) in [5.41, 5.74) is -1.98. The summed E-state index contributed by atoms with van der Waals surface area (Å²) in [6, 6.07) is 5.79. The van der Waals surface area contributed by atoms with E-state index in [0.717, 1.165) is 0 Å². The Morgan fingerprint density at radius 2 is 1.74 bits per heavy atom. The predicted octanol–water partition coefficient (Wildman–Crippen LogP) is 1.64. The van der Waals surface area contributed by atoms with Gasteiger partial charge in [0.2, 0.25) is 5.78 Å². The van der Waals surface area contributed by atoms with Crippen molar-refractivity contribution in [1.82, 2.24) is 0 Å². The predicted molar refractivity (Wildman–Crippen MR) is 92.3 cm³/mol. The van der Waals surface area contributed by atoms with E-state index in [1.54, 1.807) is 6.07 Å². The van der Waals surface area contributed by atoms with Gasteiger partial charge in [-0.05, 0) is 6.07 Å². The Balaban J connectivity index is 1.91. The first kappa shape index (κ1) is 17.3. The van der Waals surface area contributed by atoms with Gasteiger partial charge in [-0.25, -0.2) is 0 Å². The summed E-state index contributed by atoms with van der Waals surface area (Å²) >= 11 is 0. The average Bonchev–Trinajstić information content (AvgIpc) is 2.67. The normalized spacial score (nSPS) is 22.5. The Morgan fingerprint density at radius 1 is 1.04 bits per heavy atom. The number of Topliss-reactive ketones (excluding diaryl/α,β-unsaturated/α-hetero) is 1. The highest BCUT2D eigenvalue weighted by atomic mass is 16.6. The molecule has 2 heterocycles. The van der Waals surface area contributed by atoms with Crippen LogP contribution in [0.15, 0.2) is 24.3 Å². The minimum Gasteiger partial charge on any atom is -0.507 e. The van der Waals surface area contributed by atoms with Crippen LogP contribution in [-0.4, -0.2) is 50.0 Å². The van der Waals surface area contributed by atoms with Crippen molar-refractivity contribution in [2.45, 2.75) is 11.7 Å². The molecule has 0 bridgehead atoms. The number of hydrogen-bond donors (Lipinski definition) is 2. The quantitative estimate of drug-likeness (QED) is 0.836. The number of phenolic OH excluding ortho intramolecular Hbond substituents is 1. The zero-order valence-corrected chi connectivity index (χ0v) is 14.9. The van der Waals surface area contributed by atoms with Crippen LogP contribution >= 0.6 is 0 Å². The first-order chi connectivity index (χ1) is 12.9. The number of fused-ring (bicyclic) bond motifs is 4. The van der Waals surface area contributed by atoms with E-state index in [4.69, 9.17) is 23.7 Å². The van der Waals surface area contributed by atoms with Gasteiger partial charge in [0.1, 0.15) is 35.2 Å². The second-order valence-electron chi connectivity index (χ2n) is 6.24. The van der Waals surface area contributed by atoms with Gasteiger partial charge in [-0.2, -0.15) is 0 Å². The van der Waals surface area contributed by atoms with Crippen molar-refractivity contribution in [3.05, 3.63) is 35.4 Å². The second-order valence-corrected chi connectivity index (χ2v) is 6.24. The first-order valence-corrected chi connectivity index (χ1v) is 8.18. The number of methoxy groups -OCH3 is 3. The molecule has 27 heavy (non-hydrogen) atoms. The maximum Gasteiger partial charge on any atom is 0.210 e. The monoisotopic (exact) mass is 374 g/mol. The number of ketones is 1. The summed E-state index contributed by atoms with van der Waals surface area (Å²) in [5, 5.41) is 21.7. The minimum atomic E-state index is -2.05. The molecule has 0 saturated heterocycles. The third-order valence-electron chi connectivity index (χ3n) is 4.89. The number of carbonyl (C=O) groups is 1. The Kier molecular flexibility index (Phi) is 3.81. The van der Waals surface area contributed by atoms with Gasteiger partial charge in [0.15, 0.2) is 23.2 Å². The van der Waals surface area contributed by atoms with Crippen molar-refractivity contribution in [2.24, 2.45) is 0 Å². The van der Waals surface area contributed by atoms with E-state index in [2.05, 4.69) is 0 Å². The van der Waals surface area contributed by atoms with E-state index in [1.807, 2.05) is 0 Å². The molecule has 4 rings (SSSR count). The molecule has 0 aliphatic carbocycles. The maximum absolute atomic E-state index is 13.3. The van der Waals surface area contributed by atoms with E-state index in [-0.39, 0.29) is 35.0 Å². The Morgan fingerprint density at radius 3 is 2.41 bits per heavy atom. The molecule has 2 aliphatic rings. The van der Waals surface area contributed by atoms with Crippen LogP contribution in [0.4, 0.5) is 0 Å². The van der Waals surface area contributed by atoms with E-state index >= 15 is 0 Å². The molecular formula is C19H18O8. The third kappa shape index (κ3) is 2.30. The van der Waals surface area contributed by atoms with Crippen LogP contribution in [-0.2, 0) is 5.60 Å². The molecule has 2 aromatic carbocycles. The minimum absolute atomic E-state index is 0.0673. The van der Waals surface area contributed by atoms with Crippen LogP contribution in [0.25, 0.3) is 0 Å². The maximum atomic E-state index is 13.3. The molecule has 0 amide bonds. The number of aliphatic hydroxyl groups is 1. The van der Waals surface area contributed by atoms with E-state index < -0.39 is 17.5 Å². The van der Waals surface area contributed by atoms with Crippen LogP contribution < -0.4 is 23.7 Å². The summed E-state index contributed by atoms with van der Waals surface area (Å²) in [6.07, 6.45) is -1.00. The SMILES string of the molecule is COc1cc(O)c2c(c1)OC1COc3cc(OC)c(OC)cc3C1(O)C2=O. The summed E-state index contributed by atoms with van der Waals surface area (Å²) in [7, 11) is 4.35. The molecule has 0 aromatic heterocycles. The number of aromatic hydroxyl groups is 1. The van der Waals surface area contributed by atoms with E-state index in [0.29, 0.717) is 17.2 Å². The lowest BCUT2D eigenvalue weighted by atomic mass is 9.77. The van der Waals surface area contributed by atoms with Gasteiger partial charge in [-0.3, -0.25) is 4.79 Å². The Hall–Kier alpha value is -3.13.